The topological polar surface area (TPSA) is 68.5 Å². The molecule has 1 aromatic rings. The third kappa shape index (κ3) is 3.45. The number of ether oxygens (including phenoxy) is 1. The summed E-state index contributed by atoms with van der Waals surface area (Å²) in [6.45, 7) is 0.980. The van der Waals surface area contributed by atoms with Crippen LogP contribution in [0.25, 0.3) is 0 Å². The smallest absolute Gasteiger partial charge is 0.252 e. The zero-order valence-electron chi connectivity index (χ0n) is 11.0. The van der Waals surface area contributed by atoms with Crippen molar-refractivity contribution in [2.45, 2.75) is 38.3 Å². The molecule has 1 fully saturated rings. The standard InChI is InChI=1S/C12H18ClN3O3/c1-18-8-10-14-12(15-19-10)9-5-3-2-4-6-16(9)11(17)7-13/h9H,2-8H2,1H3. The van der Waals surface area contributed by atoms with Crippen LogP contribution < -0.4 is 0 Å². The molecule has 1 atom stereocenters. The number of halogens is 1. The summed E-state index contributed by atoms with van der Waals surface area (Å²) in [5.74, 6) is 0.887. The van der Waals surface area contributed by atoms with Gasteiger partial charge in [-0.3, -0.25) is 4.79 Å². The molecule has 106 valence electrons. The summed E-state index contributed by atoms with van der Waals surface area (Å²) in [4.78, 5) is 18.0. The first-order valence-corrected chi connectivity index (χ1v) is 6.96. The van der Waals surface area contributed by atoms with Gasteiger partial charge in [-0.25, -0.2) is 0 Å². The normalized spacial score (nSPS) is 20.3. The Morgan fingerprint density at radius 2 is 2.37 bits per heavy atom. The number of carbonyl (C=O) groups excluding carboxylic acids is 1. The highest BCUT2D eigenvalue weighted by molar-refractivity contribution is 6.27. The lowest BCUT2D eigenvalue weighted by Crippen LogP contribution is -2.36. The van der Waals surface area contributed by atoms with Crippen molar-refractivity contribution in [3.8, 4) is 0 Å². The summed E-state index contributed by atoms with van der Waals surface area (Å²) >= 11 is 5.67. The van der Waals surface area contributed by atoms with Gasteiger partial charge in [0.15, 0.2) is 5.82 Å². The number of rotatable bonds is 4. The number of hydrogen-bond acceptors (Lipinski definition) is 5. The molecule has 0 aliphatic carbocycles. The molecule has 0 saturated carbocycles. The van der Waals surface area contributed by atoms with Gasteiger partial charge in [-0.1, -0.05) is 18.0 Å². The summed E-state index contributed by atoms with van der Waals surface area (Å²) in [5, 5.41) is 3.96. The highest BCUT2D eigenvalue weighted by atomic mass is 35.5. The molecular weight excluding hydrogens is 270 g/mol. The predicted molar refractivity (Wildman–Crippen MR) is 68.7 cm³/mol. The average Bonchev–Trinajstić information content (AvgIpc) is 2.74. The van der Waals surface area contributed by atoms with Crippen LogP contribution in [0.1, 0.15) is 43.4 Å². The van der Waals surface area contributed by atoms with Crippen molar-refractivity contribution in [1.82, 2.24) is 15.0 Å². The molecule has 1 aromatic heterocycles. The highest BCUT2D eigenvalue weighted by Crippen LogP contribution is 2.28. The van der Waals surface area contributed by atoms with Crippen molar-refractivity contribution in [3.63, 3.8) is 0 Å². The maximum Gasteiger partial charge on any atom is 0.252 e. The van der Waals surface area contributed by atoms with Gasteiger partial charge >= 0.3 is 0 Å². The van der Waals surface area contributed by atoms with Crippen LogP contribution in [0, 0.1) is 0 Å². The number of aromatic nitrogens is 2. The summed E-state index contributed by atoms with van der Waals surface area (Å²) < 4.78 is 10.1. The van der Waals surface area contributed by atoms with Crippen LogP contribution >= 0.6 is 11.6 Å². The van der Waals surface area contributed by atoms with Crippen LogP contribution in [0.15, 0.2) is 4.52 Å². The van der Waals surface area contributed by atoms with E-state index in [1.54, 1.807) is 12.0 Å². The minimum absolute atomic E-state index is 0.0146. The van der Waals surface area contributed by atoms with E-state index in [1.165, 1.54) is 0 Å². The Morgan fingerprint density at radius 1 is 1.53 bits per heavy atom. The van der Waals surface area contributed by atoms with E-state index in [1.807, 2.05) is 0 Å². The highest BCUT2D eigenvalue weighted by Gasteiger charge is 2.29. The second-order valence-corrected chi connectivity index (χ2v) is 4.83. The Balaban J connectivity index is 2.18. The summed E-state index contributed by atoms with van der Waals surface area (Å²) in [6, 6.07) is -0.136. The maximum atomic E-state index is 11.9. The number of methoxy groups -OCH3 is 1. The van der Waals surface area contributed by atoms with Crippen molar-refractivity contribution >= 4 is 17.5 Å². The van der Waals surface area contributed by atoms with Gasteiger partial charge in [-0.15, -0.1) is 11.6 Å². The zero-order chi connectivity index (χ0) is 13.7. The molecule has 0 bridgehead atoms. The van der Waals surface area contributed by atoms with E-state index in [4.69, 9.17) is 20.9 Å². The molecule has 6 nitrogen and oxygen atoms in total. The van der Waals surface area contributed by atoms with E-state index in [9.17, 15) is 4.79 Å². The van der Waals surface area contributed by atoms with E-state index in [0.29, 0.717) is 18.3 Å². The Labute approximate surface area is 117 Å². The van der Waals surface area contributed by atoms with Gasteiger partial charge < -0.3 is 14.2 Å². The SMILES string of the molecule is COCc1nc(C2CCCCCN2C(=O)CCl)no1. The number of hydrogen-bond donors (Lipinski definition) is 0. The third-order valence-corrected chi connectivity index (χ3v) is 3.47. The first kappa shape index (κ1) is 14.3. The van der Waals surface area contributed by atoms with Crippen LogP contribution in [0.5, 0.6) is 0 Å². The van der Waals surface area contributed by atoms with Gasteiger partial charge in [0.25, 0.3) is 5.89 Å². The number of carbonyl (C=O) groups is 1. The fraction of sp³-hybridized carbons (Fsp3) is 0.750. The first-order valence-electron chi connectivity index (χ1n) is 6.43. The van der Waals surface area contributed by atoms with Crippen molar-refractivity contribution in [2.75, 3.05) is 19.5 Å². The molecular formula is C12H18ClN3O3. The van der Waals surface area contributed by atoms with Gasteiger partial charge in [0.2, 0.25) is 5.91 Å². The fourth-order valence-corrected chi connectivity index (χ4v) is 2.49. The molecule has 1 amide bonds. The molecule has 0 spiro atoms. The van der Waals surface area contributed by atoms with Crippen LogP contribution in [-0.2, 0) is 16.1 Å². The van der Waals surface area contributed by atoms with E-state index in [2.05, 4.69) is 10.1 Å². The lowest BCUT2D eigenvalue weighted by Gasteiger charge is -2.26. The largest absolute Gasteiger partial charge is 0.375 e. The summed E-state index contributed by atoms with van der Waals surface area (Å²) in [5.41, 5.74) is 0. The minimum atomic E-state index is -0.136. The molecule has 1 aliphatic rings. The predicted octanol–water partition coefficient (Wildman–Crippen LogP) is 1.90. The Bertz CT molecular complexity index is 424. The van der Waals surface area contributed by atoms with E-state index >= 15 is 0 Å². The molecule has 19 heavy (non-hydrogen) atoms. The van der Waals surface area contributed by atoms with E-state index in [-0.39, 0.29) is 24.4 Å². The maximum absolute atomic E-state index is 11.9. The van der Waals surface area contributed by atoms with Gasteiger partial charge in [0, 0.05) is 13.7 Å². The van der Waals surface area contributed by atoms with Crippen LogP contribution in [0.3, 0.4) is 0 Å². The van der Waals surface area contributed by atoms with Crippen molar-refractivity contribution in [1.29, 1.82) is 0 Å². The van der Waals surface area contributed by atoms with E-state index in [0.717, 1.165) is 25.7 Å². The second kappa shape index (κ2) is 6.86. The molecule has 0 N–H and O–H groups in total. The fourth-order valence-electron chi connectivity index (χ4n) is 2.34. The molecule has 2 heterocycles. The first-order chi connectivity index (χ1) is 9.26. The molecule has 7 heteroatoms. The molecule has 2 rings (SSSR count). The van der Waals surface area contributed by atoms with Crippen LogP contribution in [0.4, 0.5) is 0 Å². The summed E-state index contributed by atoms with van der Waals surface area (Å²) in [7, 11) is 1.57. The minimum Gasteiger partial charge on any atom is -0.375 e. The van der Waals surface area contributed by atoms with Crippen molar-refractivity contribution in [2.24, 2.45) is 0 Å². The quantitative estimate of drug-likeness (QED) is 0.791. The Hall–Kier alpha value is -1.14. The van der Waals surface area contributed by atoms with Crippen LogP contribution in [-0.4, -0.2) is 40.5 Å². The van der Waals surface area contributed by atoms with Gasteiger partial charge in [-0.05, 0) is 12.8 Å². The number of nitrogens with zero attached hydrogens (tertiary/aromatic N) is 3. The summed E-state index contributed by atoms with van der Waals surface area (Å²) in [6.07, 6.45) is 3.98. The van der Waals surface area contributed by atoms with E-state index < -0.39 is 0 Å². The zero-order valence-corrected chi connectivity index (χ0v) is 11.7. The molecule has 0 aromatic carbocycles. The van der Waals surface area contributed by atoms with Gasteiger partial charge in [-0.2, -0.15) is 4.98 Å². The number of likely N-dealkylation sites (tertiary alicyclic amines) is 1. The molecule has 1 unspecified atom stereocenters. The third-order valence-electron chi connectivity index (χ3n) is 3.24. The molecule has 0 radical (unpaired) electrons. The lowest BCUT2D eigenvalue weighted by molar-refractivity contribution is -0.131. The van der Waals surface area contributed by atoms with Crippen molar-refractivity contribution < 1.29 is 14.1 Å². The van der Waals surface area contributed by atoms with Gasteiger partial charge in [0.1, 0.15) is 12.5 Å². The van der Waals surface area contributed by atoms with Crippen LogP contribution in [0.2, 0.25) is 0 Å². The molecule has 1 saturated heterocycles. The lowest BCUT2D eigenvalue weighted by atomic mass is 10.1. The Morgan fingerprint density at radius 3 is 3.11 bits per heavy atom. The van der Waals surface area contributed by atoms with Crippen molar-refractivity contribution in [3.05, 3.63) is 11.7 Å². The number of alkyl halides is 1. The average molecular weight is 288 g/mol. The number of amides is 1. The Kier molecular flexibility index (Phi) is 5.15. The second-order valence-electron chi connectivity index (χ2n) is 4.57. The monoisotopic (exact) mass is 287 g/mol. The van der Waals surface area contributed by atoms with Gasteiger partial charge in [0.05, 0.1) is 6.04 Å². The molecule has 1 aliphatic heterocycles.